The van der Waals surface area contributed by atoms with E-state index < -0.39 is 0 Å². The molecule has 0 saturated carbocycles. The van der Waals surface area contributed by atoms with Gasteiger partial charge < -0.3 is 19.1 Å². The highest BCUT2D eigenvalue weighted by atomic mass is 16.7. The van der Waals surface area contributed by atoms with Crippen molar-refractivity contribution in [3.05, 3.63) is 35.0 Å². The largest absolute Gasteiger partial charge is 0.472 e. The Labute approximate surface area is 141 Å². The quantitative estimate of drug-likeness (QED) is 0.860. The molecule has 2 aliphatic rings. The number of ether oxygens (including phenoxy) is 3. The minimum Gasteiger partial charge on any atom is -0.472 e. The van der Waals surface area contributed by atoms with Gasteiger partial charge in [-0.25, -0.2) is 4.98 Å². The summed E-state index contributed by atoms with van der Waals surface area (Å²) in [5.41, 5.74) is 2.98. The molecule has 1 aromatic carbocycles. The smallest absolute Gasteiger partial charge is 0.231 e. The molecule has 1 aromatic heterocycles. The summed E-state index contributed by atoms with van der Waals surface area (Å²) >= 11 is 0. The monoisotopic (exact) mass is 327 g/mol. The van der Waals surface area contributed by atoms with Gasteiger partial charge in [0.15, 0.2) is 11.5 Å². The topological polar surface area (TPSA) is 56.7 Å². The third-order valence-electron chi connectivity index (χ3n) is 4.53. The van der Waals surface area contributed by atoms with Gasteiger partial charge >= 0.3 is 0 Å². The summed E-state index contributed by atoms with van der Waals surface area (Å²) in [6, 6.07) is 5.85. The number of rotatable bonds is 4. The van der Waals surface area contributed by atoms with Crippen LogP contribution in [0.5, 0.6) is 17.4 Å². The molecule has 0 N–H and O–H groups in total. The average molecular weight is 327 g/mol. The molecule has 2 aromatic rings. The Morgan fingerprint density at radius 1 is 1.08 bits per heavy atom. The summed E-state index contributed by atoms with van der Waals surface area (Å²) in [6.45, 7) is 6.76. The molecular weight excluding hydrogens is 306 g/mol. The van der Waals surface area contributed by atoms with Crippen LogP contribution < -0.4 is 19.1 Å². The molecule has 0 amide bonds. The molecular formula is C18H21N3O3. The van der Waals surface area contributed by atoms with Crippen LogP contribution in [0.15, 0.2) is 18.2 Å². The SMILES string of the molecule is Cc1nc(N2CCCC2)nc(OCc2ccc3c(c2)OCO3)c1C. The van der Waals surface area contributed by atoms with Crippen molar-refractivity contribution in [3.63, 3.8) is 0 Å². The van der Waals surface area contributed by atoms with Gasteiger partial charge in [-0.05, 0) is 44.4 Å². The minimum atomic E-state index is 0.281. The molecule has 0 atom stereocenters. The first kappa shape index (κ1) is 15.1. The summed E-state index contributed by atoms with van der Waals surface area (Å²) in [7, 11) is 0. The molecule has 126 valence electrons. The van der Waals surface area contributed by atoms with Crippen molar-refractivity contribution in [2.75, 3.05) is 24.8 Å². The van der Waals surface area contributed by atoms with Gasteiger partial charge in [0.05, 0.1) is 0 Å². The Hall–Kier alpha value is -2.50. The Kier molecular flexibility index (Phi) is 3.88. The number of aryl methyl sites for hydroxylation is 1. The van der Waals surface area contributed by atoms with Gasteiger partial charge in [-0.1, -0.05) is 6.07 Å². The van der Waals surface area contributed by atoms with Crippen molar-refractivity contribution in [3.8, 4) is 17.4 Å². The van der Waals surface area contributed by atoms with E-state index in [1.165, 1.54) is 12.8 Å². The van der Waals surface area contributed by atoms with Crippen LogP contribution in [0.4, 0.5) is 5.95 Å². The summed E-state index contributed by atoms with van der Waals surface area (Å²) in [6.07, 6.45) is 2.40. The van der Waals surface area contributed by atoms with E-state index >= 15 is 0 Å². The first-order valence-corrected chi connectivity index (χ1v) is 8.32. The summed E-state index contributed by atoms with van der Waals surface area (Å²) < 4.78 is 16.7. The van der Waals surface area contributed by atoms with Crippen LogP contribution in [0.2, 0.25) is 0 Å². The van der Waals surface area contributed by atoms with Crippen molar-refractivity contribution in [2.45, 2.75) is 33.3 Å². The lowest BCUT2D eigenvalue weighted by atomic mass is 10.2. The Balaban J connectivity index is 1.53. The molecule has 24 heavy (non-hydrogen) atoms. The van der Waals surface area contributed by atoms with Gasteiger partial charge in [-0.3, -0.25) is 0 Å². The fraction of sp³-hybridized carbons (Fsp3) is 0.444. The van der Waals surface area contributed by atoms with Gasteiger partial charge in [0.2, 0.25) is 18.6 Å². The van der Waals surface area contributed by atoms with Crippen LogP contribution in [0.3, 0.4) is 0 Å². The molecule has 4 rings (SSSR count). The molecule has 6 heteroatoms. The van der Waals surface area contributed by atoms with Crippen molar-refractivity contribution in [1.29, 1.82) is 0 Å². The Morgan fingerprint density at radius 3 is 2.71 bits per heavy atom. The third kappa shape index (κ3) is 2.84. The summed E-state index contributed by atoms with van der Waals surface area (Å²) in [4.78, 5) is 11.5. The van der Waals surface area contributed by atoms with Crippen LogP contribution >= 0.6 is 0 Å². The highest BCUT2D eigenvalue weighted by Gasteiger charge is 2.19. The minimum absolute atomic E-state index is 0.281. The van der Waals surface area contributed by atoms with Gasteiger partial charge in [-0.2, -0.15) is 4.98 Å². The lowest BCUT2D eigenvalue weighted by molar-refractivity contribution is 0.174. The third-order valence-corrected chi connectivity index (χ3v) is 4.53. The molecule has 3 heterocycles. The fourth-order valence-electron chi connectivity index (χ4n) is 2.97. The van der Waals surface area contributed by atoms with Crippen molar-refractivity contribution >= 4 is 5.95 Å². The predicted molar refractivity (Wildman–Crippen MR) is 89.9 cm³/mol. The van der Waals surface area contributed by atoms with Crippen LogP contribution in [0.25, 0.3) is 0 Å². The second-order valence-corrected chi connectivity index (χ2v) is 6.21. The molecule has 0 bridgehead atoms. The molecule has 1 fully saturated rings. The van der Waals surface area contributed by atoms with Crippen LogP contribution in [-0.4, -0.2) is 29.9 Å². The van der Waals surface area contributed by atoms with Crippen molar-refractivity contribution in [2.24, 2.45) is 0 Å². The first-order valence-electron chi connectivity index (χ1n) is 8.32. The van der Waals surface area contributed by atoms with E-state index in [1.807, 2.05) is 32.0 Å². The van der Waals surface area contributed by atoms with Crippen molar-refractivity contribution < 1.29 is 14.2 Å². The highest BCUT2D eigenvalue weighted by molar-refractivity contribution is 5.45. The lowest BCUT2D eigenvalue weighted by Gasteiger charge is -2.18. The number of benzene rings is 1. The van der Waals surface area contributed by atoms with Crippen LogP contribution in [-0.2, 0) is 6.61 Å². The van der Waals surface area contributed by atoms with E-state index in [9.17, 15) is 0 Å². The molecule has 2 aliphatic heterocycles. The van der Waals surface area contributed by atoms with E-state index in [0.29, 0.717) is 12.5 Å². The maximum absolute atomic E-state index is 5.99. The fourth-order valence-corrected chi connectivity index (χ4v) is 2.97. The first-order chi connectivity index (χ1) is 11.7. The maximum Gasteiger partial charge on any atom is 0.231 e. The van der Waals surface area contributed by atoms with E-state index in [4.69, 9.17) is 14.2 Å². The van der Waals surface area contributed by atoms with Crippen molar-refractivity contribution in [1.82, 2.24) is 9.97 Å². The number of fused-ring (bicyclic) bond motifs is 1. The second-order valence-electron chi connectivity index (χ2n) is 6.21. The van der Waals surface area contributed by atoms with Gasteiger partial charge in [0, 0.05) is 24.3 Å². The summed E-state index contributed by atoms with van der Waals surface area (Å²) in [5.74, 6) is 2.98. The van der Waals surface area contributed by atoms with E-state index in [-0.39, 0.29) is 6.79 Å². The standard InChI is InChI=1S/C18H21N3O3/c1-12-13(2)19-18(21-7-3-4-8-21)20-17(12)22-10-14-5-6-15-16(9-14)24-11-23-15/h5-6,9H,3-4,7-8,10-11H2,1-2H3. The number of hydrogen-bond acceptors (Lipinski definition) is 6. The Bertz CT molecular complexity index is 757. The number of aromatic nitrogens is 2. The highest BCUT2D eigenvalue weighted by Crippen LogP contribution is 2.33. The zero-order valence-corrected chi connectivity index (χ0v) is 14.0. The molecule has 0 radical (unpaired) electrons. The van der Waals surface area contributed by atoms with Gasteiger partial charge in [0.25, 0.3) is 0 Å². The zero-order valence-electron chi connectivity index (χ0n) is 14.0. The lowest BCUT2D eigenvalue weighted by Crippen LogP contribution is -2.21. The maximum atomic E-state index is 5.99. The van der Waals surface area contributed by atoms with Crippen LogP contribution in [0, 0.1) is 13.8 Å². The second kappa shape index (κ2) is 6.19. The molecule has 0 aliphatic carbocycles. The number of anilines is 1. The average Bonchev–Trinajstić information content (AvgIpc) is 3.26. The van der Waals surface area contributed by atoms with E-state index in [2.05, 4.69) is 14.9 Å². The molecule has 6 nitrogen and oxygen atoms in total. The molecule has 1 saturated heterocycles. The molecule has 0 spiro atoms. The van der Waals surface area contributed by atoms with Gasteiger partial charge in [0.1, 0.15) is 6.61 Å². The van der Waals surface area contributed by atoms with Gasteiger partial charge in [-0.15, -0.1) is 0 Å². The van der Waals surface area contributed by atoms with E-state index in [1.54, 1.807) is 0 Å². The molecule has 0 unspecified atom stereocenters. The van der Waals surface area contributed by atoms with Crippen LogP contribution in [0.1, 0.15) is 29.7 Å². The number of hydrogen-bond donors (Lipinski definition) is 0. The normalized spacial score (nSPS) is 15.8. The predicted octanol–water partition coefficient (Wildman–Crippen LogP) is 3.00. The summed E-state index contributed by atoms with van der Waals surface area (Å²) in [5, 5.41) is 0. The Morgan fingerprint density at radius 2 is 1.88 bits per heavy atom. The zero-order chi connectivity index (χ0) is 16.5. The number of nitrogens with zero attached hydrogens (tertiary/aromatic N) is 3. The van der Waals surface area contributed by atoms with E-state index in [0.717, 1.165) is 47.4 Å².